The SMILES string of the molecule is CN1CCN(CCCC(=O)NN)c2ccccc21. The monoisotopic (exact) mass is 248 g/mol. The Labute approximate surface area is 108 Å². The molecule has 1 aliphatic heterocycles. The number of rotatable bonds is 4. The summed E-state index contributed by atoms with van der Waals surface area (Å²) in [4.78, 5) is 15.7. The van der Waals surface area contributed by atoms with Crippen molar-refractivity contribution in [3.05, 3.63) is 24.3 Å². The number of hydrogen-bond acceptors (Lipinski definition) is 4. The molecular formula is C13H20N4O. The molecule has 1 amide bonds. The number of benzene rings is 1. The second-order valence-corrected chi connectivity index (χ2v) is 4.57. The van der Waals surface area contributed by atoms with Gasteiger partial charge in [-0.15, -0.1) is 0 Å². The van der Waals surface area contributed by atoms with Crippen LogP contribution in [0.15, 0.2) is 24.3 Å². The maximum absolute atomic E-state index is 11.1. The van der Waals surface area contributed by atoms with Gasteiger partial charge in [0.15, 0.2) is 0 Å². The van der Waals surface area contributed by atoms with Gasteiger partial charge in [0, 0.05) is 33.1 Å². The standard InChI is InChI=1S/C13H20N4O/c1-16-9-10-17(8-4-7-13(18)15-14)12-6-3-2-5-11(12)16/h2-3,5-6H,4,7-10,14H2,1H3,(H,15,18). The molecule has 0 aliphatic carbocycles. The molecule has 5 nitrogen and oxygen atoms in total. The summed E-state index contributed by atoms with van der Waals surface area (Å²) in [5, 5.41) is 0. The first-order chi connectivity index (χ1) is 8.72. The van der Waals surface area contributed by atoms with Gasteiger partial charge in [-0.1, -0.05) is 12.1 Å². The fourth-order valence-electron chi connectivity index (χ4n) is 2.30. The van der Waals surface area contributed by atoms with Crippen molar-refractivity contribution in [3.63, 3.8) is 0 Å². The van der Waals surface area contributed by atoms with Crippen molar-refractivity contribution < 1.29 is 4.79 Å². The van der Waals surface area contributed by atoms with Crippen molar-refractivity contribution in [3.8, 4) is 0 Å². The minimum Gasteiger partial charge on any atom is -0.371 e. The quantitative estimate of drug-likeness (QED) is 0.468. The third kappa shape index (κ3) is 2.73. The number of amides is 1. The lowest BCUT2D eigenvalue weighted by atomic mass is 10.1. The number of nitrogens with one attached hydrogen (secondary N) is 1. The van der Waals surface area contributed by atoms with Crippen molar-refractivity contribution in [1.82, 2.24) is 5.43 Å². The number of anilines is 2. The number of likely N-dealkylation sites (N-methyl/N-ethyl adjacent to an activating group) is 1. The Morgan fingerprint density at radius 3 is 2.78 bits per heavy atom. The van der Waals surface area contributed by atoms with Crippen molar-refractivity contribution in [2.45, 2.75) is 12.8 Å². The van der Waals surface area contributed by atoms with E-state index in [9.17, 15) is 4.79 Å². The van der Waals surface area contributed by atoms with Crippen LogP contribution in [0.5, 0.6) is 0 Å². The number of hydrazine groups is 1. The molecule has 0 saturated heterocycles. The third-order valence-corrected chi connectivity index (χ3v) is 3.33. The molecule has 0 bridgehead atoms. The van der Waals surface area contributed by atoms with E-state index in [0.29, 0.717) is 6.42 Å². The molecule has 3 N–H and O–H groups in total. The second-order valence-electron chi connectivity index (χ2n) is 4.57. The van der Waals surface area contributed by atoms with Crippen LogP contribution in [0.25, 0.3) is 0 Å². The molecule has 1 aromatic rings. The molecule has 0 unspecified atom stereocenters. The van der Waals surface area contributed by atoms with Gasteiger partial charge in [-0.25, -0.2) is 5.84 Å². The minimum absolute atomic E-state index is 0.0996. The smallest absolute Gasteiger partial charge is 0.233 e. The van der Waals surface area contributed by atoms with E-state index in [0.717, 1.165) is 26.1 Å². The van der Waals surface area contributed by atoms with E-state index in [4.69, 9.17) is 5.84 Å². The van der Waals surface area contributed by atoms with Gasteiger partial charge in [-0.05, 0) is 18.6 Å². The molecule has 0 aromatic heterocycles. The highest BCUT2D eigenvalue weighted by atomic mass is 16.2. The Morgan fingerprint density at radius 2 is 2.06 bits per heavy atom. The zero-order chi connectivity index (χ0) is 13.0. The van der Waals surface area contributed by atoms with Crippen molar-refractivity contribution in [1.29, 1.82) is 0 Å². The van der Waals surface area contributed by atoms with Gasteiger partial charge in [0.05, 0.1) is 11.4 Å². The number of carbonyl (C=O) groups is 1. The number of nitrogens with two attached hydrogens (primary N) is 1. The molecule has 0 saturated carbocycles. The topological polar surface area (TPSA) is 61.6 Å². The molecule has 0 atom stereocenters. The predicted octanol–water partition coefficient (Wildman–Crippen LogP) is 0.713. The van der Waals surface area contributed by atoms with Crippen LogP contribution in [0, 0.1) is 0 Å². The van der Waals surface area contributed by atoms with Gasteiger partial charge in [0.2, 0.25) is 5.91 Å². The first-order valence-electron chi connectivity index (χ1n) is 6.27. The zero-order valence-corrected chi connectivity index (χ0v) is 10.7. The zero-order valence-electron chi connectivity index (χ0n) is 10.7. The first-order valence-corrected chi connectivity index (χ1v) is 6.27. The molecule has 2 rings (SSSR count). The van der Waals surface area contributed by atoms with Crippen LogP contribution in [0.3, 0.4) is 0 Å². The summed E-state index contributed by atoms with van der Waals surface area (Å²) in [7, 11) is 2.11. The highest BCUT2D eigenvalue weighted by molar-refractivity contribution is 5.75. The molecule has 1 aromatic carbocycles. The molecule has 0 spiro atoms. The van der Waals surface area contributed by atoms with Gasteiger partial charge in [-0.2, -0.15) is 0 Å². The van der Waals surface area contributed by atoms with Crippen molar-refractivity contribution >= 4 is 17.3 Å². The summed E-state index contributed by atoms with van der Waals surface area (Å²) >= 11 is 0. The fraction of sp³-hybridized carbons (Fsp3) is 0.462. The summed E-state index contributed by atoms with van der Waals surface area (Å²) in [6, 6.07) is 8.38. The van der Waals surface area contributed by atoms with E-state index in [-0.39, 0.29) is 5.91 Å². The summed E-state index contributed by atoms with van der Waals surface area (Å²) in [5.41, 5.74) is 4.67. The maximum Gasteiger partial charge on any atom is 0.233 e. The first kappa shape index (κ1) is 12.7. The van der Waals surface area contributed by atoms with Gasteiger partial charge in [-0.3, -0.25) is 10.2 Å². The normalized spacial score (nSPS) is 14.3. The van der Waals surface area contributed by atoms with Crippen LogP contribution in [0.1, 0.15) is 12.8 Å². The Kier molecular flexibility index (Phi) is 4.04. The van der Waals surface area contributed by atoms with Crippen molar-refractivity contribution in [2.75, 3.05) is 36.5 Å². The van der Waals surface area contributed by atoms with Crippen LogP contribution in [-0.4, -0.2) is 32.6 Å². The Hall–Kier alpha value is -1.75. The highest BCUT2D eigenvalue weighted by Gasteiger charge is 2.19. The van der Waals surface area contributed by atoms with E-state index >= 15 is 0 Å². The molecular weight excluding hydrogens is 228 g/mol. The van der Waals surface area contributed by atoms with Crippen LogP contribution >= 0.6 is 0 Å². The number of hydrogen-bond donors (Lipinski definition) is 2. The number of carbonyl (C=O) groups excluding carboxylic acids is 1. The Morgan fingerprint density at radius 1 is 1.33 bits per heavy atom. The van der Waals surface area contributed by atoms with Crippen LogP contribution in [0.4, 0.5) is 11.4 Å². The lowest BCUT2D eigenvalue weighted by Crippen LogP contribution is -2.40. The summed E-state index contributed by atoms with van der Waals surface area (Å²) in [6.45, 7) is 2.90. The maximum atomic E-state index is 11.1. The number of para-hydroxylation sites is 2. The lowest BCUT2D eigenvalue weighted by Gasteiger charge is -2.37. The average molecular weight is 248 g/mol. The molecule has 0 radical (unpaired) electrons. The van der Waals surface area contributed by atoms with E-state index < -0.39 is 0 Å². The average Bonchev–Trinajstić information content (AvgIpc) is 2.41. The van der Waals surface area contributed by atoms with Gasteiger partial charge >= 0.3 is 0 Å². The van der Waals surface area contributed by atoms with E-state index in [1.807, 2.05) is 0 Å². The van der Waals surface area contributed by atoms with E-state index in [1.54, 1.807) is 0 Å². The van der Waals surface area contributed by atoms with E-state index in [1.165, 1.54) is 11.4 Å². The number of nitrogens with zero attached hydrogens (tertiary/aromatic N) is 2. The molecule has 5 heteroatoms. The second kappa shape index (κ2) is 5.73. The van der Waals surface area contributed by atoms with Crippen molar-refractivity contribution in [2.24, 2.45) is 5.84 Å². The molecule has 0 fully saturated rings. The number of fused-ring (bicyclic) bond motifs is 1. The summed E-state index contributed by atoms with van der Waals surface area (Å²) in [6.07, 6.45) is 1.30. The largest absolute Gasteiger partial charge is 0.371 e. The molecule has 1 heterocycles. The van der Waals surface area contributed by atoms with Crippen LogP contribution in [0.2, 0.25) is 0 Å². The van der Waals surface area contributed by atoms with Gasteiger partial charge < -0.3 is 9.80 Å². The predicted molar refractivity (Wildman–Crippen MR) is 73.5 cm³/mol. The Bertz CT molecular complexity index is 421. The van der Waals surface area contributed by atoms with E-state index in [2.05, 4.69) is 46.5 Å². The summed E-state index contributed by atoms with van der Waals surface area (Å²) < 4.78 is 0. The lowest BCUT2D eigenvalue weighted by molar-refractivity contribution is -0.121. The third-order valence-electron chi connectivity index (χ3n) is 3.33. The van der Waals surface area contributed by atoms with Gasteiger partial charge in [0.1, 0.15) is 0 Å². The van der Waals surface area contributed by atoms with Crippen LogP contribution < -0.4 is 21.1 Å². The van der Waals surface area contributed by atoms with Gasteiger partial charge in [0.25, 0.3) is 0 Å². The molecule has 18 heavy (non-hydrogen) atoms. The fourth-order valence-corrected chi connectivity index (χ4v) is 2.30. The minimum atomic E-state index is -0.0996. The highest BCUT2D eigenvalue weighted by Crippen LogP contribution is 2.31. The Balaban J connectivity index is 1.98. The molecule has 98 valence electrons. The molecule has 1 aliphatic rings. The summed E-state index contributed by atoms with van der Waals surface area (Å²) in [5.74, 6) is 4.97. The van der Waals surface area contributed by atoms with Crippen LogP contribution in [-0.2, 0) is 4.79 Å².